The van der Waals surface area contributed by atoms with Crippen LogP contribution in [0.25, 0.3) is 0 Å². The molecular formula is C33H30Cl2N4O3S. The third-order valence-corrected chi connectivity index (χ3v) is 9.64. The summed E-state index contributed by atoms with van der Waals surface area (Å²) in [5, 5.41) is 22.9. The van der Waals surface area contributed by atoms with Crippen molar-refractivity contribution in [3.63, 3.8) is 0 Å². The number of nitro groups is 1. The number of halogens is 2. The first-order valence-corrected chi connectivity index (χ1v) is 15.4. The van der Waals surface area contributed by atoms with Crippen molar-refractivity contribution in [2.75, 3.05) is 4.90 Å². The first-order chi connectivity index (χ1) is 20.3. The van der Waals surface area contributed by atoms with Gasteiger partial charge in [-0.15, -0.1) is 11.8 Å². The molecule has 2 aliphatic rings. The van der Waals surface area contributed by atoms with Crippen molar-refractivity contribution in [1.82, 2.24) is 0 Å². The van der Waals surface area contributed by atoms with Crippen molar-refractivity contribution in [2.45, 2.75) is 57.1 Å². The van der Waals surface area contributed by atoms with Gasteiger partial charge in [-0.2, -0.15) is 5.26 Å². The van der Waals surface area contributed by atoms with Crippen molar-refractivity contribution < 1.29 is 9.72 Å². The van der Waals surface area contributed by atoms with E-state index in [-0.39, 0.29) is 33.3 Å². The van der Waals surface area contributed by atoms with Gasteiger partial charge >= 0.3 is 0 Å². The van der Waals surface area contributed by atoms with E-state index in [1.807, 2.05) is 45.0 Å². The number of nitrogens with two attached hydrogens (primary N) is 1. The number of benzene rings is 3. The van der Waals surface area contributed by atoms with Crippen LogP contribution >= 0.6 is 35.0 Å². The number of hydrogen-bond acceptors (Lipinski definition) is 7. The number of rotatable bonds is 6. The largest absolute Gasteiger partial charge is 0.384 e. The first kappa shape index (κ1) is 30.7. The molecule has 1 aliphatic heterocycles. The number of nitro benzene ring substituents is 1. The Kier molecular flexibility index (Phi) is 8.36. The summed E-state index contributed by atoms with van der Waals surface area (Å²) < 4.78 is 0. The maximum absolute atomic E-state index is 14.0. The zero-order valence-corrected chi connectivity index (χ0v) is 26.5. The fraction of sp³-hybridized carbons (Fsp3) is 0.273. The average Bonchev–Trinajstić information content (AvgIpc) is 2.93. The predicted molar refractivity (Wildman–Crippen MR) is 172 cm³/mol. The number of anilines is 1. The summed E-state index contributed by atoms with van der Waals surface area (Å²) in [4.78, 5) is 27.9. The zero-order valence-electron chi connectivity index (χ0n) is 24.2. The maximum Gasteiger partial charge on any atom is 0.289 e. The molecule has 1 heterocycles. The summed E-state index contributed by atoms with van der Waals surface area (Å²) in [5.74, 6) is 0.0941. The Hall–Kier alpha value is -3.77. The standard InChI is InChI=1S/C33H30Cl2N4O3S/c1-18-11-19(2)24(12-20(18)17-43-23-8-5-21(34)6-9-23)30-25(16-36)32(37)38(22-7-10-26(35)27(13-22)39(41)42)28-14-33(3,4)15-29(40)31(28)30/h5-13,30H,14-15,17,37H2,1-4H3. The van der Waals surface area contributed by atoms with Crippen LogP contribution in [0, 0.1) is 40.7 Å². The summed E-state index contributed by atoms with van der Waals surface area (Å²) in [7, 11) is 0. The molecule has 1 aliphatic carbocycles. The molecule has 1 unspecified atom stereocenters. The van der Waals surface area contributed by atoms with Gasteiger partial charge in [0.05, 0.1) is 28.2 Å². The fourth-order valence-electron chi connectivity index (χ4n) is 5.97. The second-order valence-corrected chi connectivity index (χ2v) is 13.6. The highest BCUT2D eigenvalue weighted by molar-refractivity contribution is 7.98. The lowest BCUT2D eigenvalue weighted by molar-refractivity contribution is -0.384. The van der Waals surface area contributed by atoms with E-state index in [9.17, 15) is 20.2 Å². The molecule has 3 aromatic carbocycles. The molecule has 0 bridgehead atoms. The number of aryl methyl sites for hydroxylation is 2. The minimum absolute atomic E-state index is 0.0137. The molecule has 5 rings (SSSR count). The Morgan fingerprint density at radius 3 is 2.44 bits per heavy atom. The number of carbonyl (C=O) groups excluding carboxylic acids is 1. The van der Waals surface area contributed by atoms with Gasteiger partial charge in [0, 0.05) is 39.4 Å². The van der Waals surface area contributed by atoms with E-state index in [1.165, 1.54) is 12.1 Å². The fourth-order valence-corrected chi connectivity index (χ4v) is 7.24. The molecule has 1 atom stereocenters. The van der Waals surface area contributed by atoms with Crippen molar-refractivity contribution in [3.05, 3.63) is 120 Å². The Bertz CT molecular complexity index is 1770. The summed E-state index contributed by atoms with van der Waals surface area (Å²) in [6.07, 6.45) is 0.796. The maximum atomic E-state index is 14.0. The van der Waals surface area contributed by atoms with E-state index in [1.54, 1.807) is 22.7 Å². The number of Topliss-reactive ketones (excluding diaryl/α,β-unsaturated/α-hetero) is 1. The van der Waals surface area contributed by atoms with Crippen LogP contribution in [0.4, 0.5) is 11.4 Å². The average molecular weight is 634 g/mol. The second-order valence-electron chi connectivity index (χ2n) is 11.8. The lowest BCUT2D eigenvalue weighted by Gasteiger charge is -2.44. The van der Waals surface area contributed by atoms with Crippen molar-refractivity contribution >= 4 is 52.1 Å². The lowest BCUT2D eigenvalue weighted by atomic mass is 9.68. The van der Waals surface area contributed by atoms with Crippen LogP contribution in [-0.2, 0) is 10.5 Å². The monoisotopic (exact) mass is 632 g/mol. The highest BCUT2D eigenvalue weighted by Crippen LogP contribution is 2.51. The molecule has 0 spiro atoms. The van der Waals surface area contributed by atoms with Crippen LogP contribution < -0.4 is 10.6 Å². The van der Waals surface area contributed by atoms with Crippen LogP contribution in [0.3, 0.4) is 0 Å². The summed E-state index contributed by atoms with van der Waals surface area (Å²) >= 11 is 13.9. The number of nitriles is 1. The topological polar surface area (TPSA) is 113 Å². The number of ketones is 1. The smallest absolute Gasteiger partial charge is 0.289 e. The summed E-state index contributed by atoms with van der Waals surface area (Å²) in [6.45, 7) is 8.05. The molecule has 10 heteroatoms. The molecule has 3 aromatic rings. The molecule has 0 aromatic heterocycles. The minimum atomic E-state index is -0.665. The number of allylic oxidation sites excluding steroid dienone is 3. The number of nitrogens with zero attached hydrogens (tertiary/aromatic N) is 3. The van der Waals surface area contributed by atoms with Crippen LogP contribution in [0.2, 0.25) is 10.0 Å². The third-order valence-electron chi connectivity index (χ3n) is 8.01. The van der Waals surface area contributed by atoms with Gasteiger partial charge in [-0.3, -0.25) is 19.8 Å². The van der Waals surface area contributed by atoms with Gasteiger partial charge in [0.25, 0.3) is 5.69 Å². The first-order valence-electron chi connectivity index (χ1n) is 13.7. The molecule has 0 amide bonds. The molecule has 7 nitrogen and oxygen atoms in total. The van der Waals surface area contributed by atoms with Gasteiger partial charge in [0.1, 0.15) is 10.8 Å². The number of thioether (sulfide) groups is 1. The van der Waals surface area contributed by atoms with E-state index >= 15 is 0 Å². The lowest BCUT2D eigenvalue weighted by Crippen LogP contribution is -2.42. The van der Waals surface area contributed by atoms with E-state index < -0.39 is 10.8 Å². The Morgan fingerprint density at radius 1 is 1.09 bits per heavy atom. The second kappa shape index (κ2) is 11.7. The summed E-state index contributed by atoms with van der Waals surface area (Å²) in [6, 6.07) is 18.5. The highest BCUT2D eigenvalue weighted by Gasteiger charge is 2.45. The molecule has 0 fully saturated rings. The molecule has 0 saturated heterocycles. The molecular weight excluding hydrogens is 603 g/mol. The Labute approximate surface area is 265 Å². The number of hydrogen-bond donors (Lipinski definition) is 1. The van der Waals surface area contributed by atoms with Gasteiger partial charge in [-0.05, 0) is 84.3 Å². The highest BCUT2D eigenvalue weighted by atomic mass is 35.5. The van der Waals surface area contributed by atoms with Crippen LogP contribution in [-0.4, -0.2) is 10.7 Å². The van der Waals surface area contributed by atoms with Crippen molar-refractivity contribution in [2.24, 2.45) is 11.1 Å². The van der Waals surface area contributed by atoms with Gasteiger partial charge in [-0.25, -0.2) is 0 Å². The van der Waals surface area contributed by atoms with Gasteiger partial charge in [-0.1, -0.05) is 49.2 Å². The zero-order chi connectivity index (χ0) is 31.2. The molecule has 0 saturated carbocycles. The molecule has 0 radical (unpaired) electrons. The third kappa shape index (κ3) is 5.90. The normalized spacial score (nSPS) is 18.0. The summed E-state index contributed by atoms with van der Waals surface area (Å²) in [5.41, 5.74) is 11.9. The van der Waals surface area contributed by atoms with E-state index in [0.717, 1.165) is 27.1 Å². The van der Waals surface area contributed by atoms with Crippen LogP contribution in [0.1, 0.15) is 54.9 Å². The molecule has 2 N–H and O–H groups in total. The van der Waals surface area contributed by atoms with E-state index in [0.29, 0.717) is 40.6 Å². The van der Waals surface area contributed by atoms with Crippen LogP contribution in [0.15, 0.2) is 82.2 Å². The predicted octanol–water partition coefficient (Wildman–Crippen LogP) is 8.75. The van der Waals surface area contributed by atoms with Crippen molar-refractivity contribution in [3.8, 4) is 6.07 Å². The Balaban J connectivity index is 1.68. The molecule has 220 valence electrons. The Morgan fingerprint density at radius 2 is 1.79 bits per heavy atom. The van der Waals surface area contributed by atoms with Gasteiger partial charge in [0.15, 0.2) is 5.78 Å². The minimum Gasteiger partial charge on any atom is -0.384 e. The van der Waals surface area contributed by atoms with Crippen molar-refractivity contribution in [1.29, 1.82) is 5.26 Å². The van der Waals surface area contributed by atoms with Gasteiger partial charge < -0.3 is 5.73 Å². The SMILES string of the molecule is Cc1cc(C)c(C2C(C#N)=C(N)N(c3ccc(Cl)c([N+](=O)[O-])c3)C3=C2C(=O)CC(C)(C)C3)cc1CSc1ccc(Cl)cc1. The van der Waals surface area contributed by atoms with Gasteiger partial charge in [0.2, 0.25) is 0 Å². The van der Waals surface area contributed by atoms with Crippen LogP contribution in [0.5, 0.6) is 0 Å². The number of carbonyl (C=O) groups is 1. The van der Waals surface area contributed by atoms with E-state index in [2.05, 4.69) is 25.1 Å². The quantitative estimate of drug-likeness (QED) is 0.164. The molecule has 43 heavy (non-hydrogen) atoms. The van der Waals surface area contributed by atoms with E-state index in [4.69, 9.17) is 28.9 Å².